The van der Waals surface area contributed by atoms with Gasteiger partial charge in [-0.3, -0.25) is 0 Å². The minimum absolute atomic E-state index is 0.0667. The molecule has 1 rings (SSSR count). The molecule has 0 spiro atoms. The van der Waals surface area contributed by atoms with Gasteiger partial charge < -0.3 is 9.47 Å². The molecule has 1 aliphatic rings. The average Bonchev–Trinajstić information content (AvgIpc) is 2.39. The predicted molar refractivity (Wildman–Crippen MR) is 86.8 cm³/mol. The first-order valence-corrected chi connectivity index (χ1v) is 8.91. The molecule has 0 aromatic carbocycles. The van der Waals surface area contributed by atoms with Crippen molar-refractivity contribution in [3.8, 4) is 0 Å². The third-order valence-corrected chi connectivity index (χ3v) is 4.65. The minimum Gasteiger partial charge on any atom is -0.373 e. The Labute approximate surface area is 143 Å². The summed E-state index contributed by atoms with van der Waals surface area (Å²) >= 11 is 0. The molecule has 4 unspecified atom stereocenters. The zero-order valence-electron chi connectivity index (χ0n) is 15.5. The Hall–Kier alpha value is -0.360. The van der Waals surface area contributed by atoms with E-state index in [4.69, 9.17) is 9.47 Å². The topological polar surface area (TPSA) is 18.5 Å². The zero-order valence-corrected chi connectivity index (χ0v) is 15.5. The van der Waals surface area contributed by atoms with Crippen LogP contribution in [0.15, 0.2) is 0 Å². The molecule has 0 bridgehead atoms. The highest BCUT2D eigenvalue weighted by molar-refractivity contribution is 4.96. The van der Waals surface area contributed by atoms with E-state index < -0.39 is 30.0 Å². The van der Waals surface area contributed by atoms with Crippen LogP contribution in [0.2, 0.25) is 0 Å². The van der Waals surface area contributed by atoms with E-state index in [2.05, 4.69) is 0 Å². The van der Waals surface area contributed by atoms with Crippen molar-refractivity contribution in [3.05, 3.63) is 0 Å². The summed E-state index contributed by atoms with van der Waals surface area (Å²) in [4.78, 5) is 0. The average molecular weight is 356 g/mol. The second-order valence-corrected chi connectivity index (χ2v) is 7.92. The largest absolute Gasteiger partial charge is 0.389 e. The summed E-state index contributed by atoms with van der Waals surface area (Å²) < 4.78 is 63.8. The van der Waals surface area contributed by atoms with Crippen molar-refractivity contribution >= 4 is 0 Å². The first kappa shape index (κ1) is 21.7. The molecular formula is C18H32F4O2. The van der Waals surface area contributed by atoms with Gasteiger partial charge in [0.2, 0.25) is 0 Å². The first-order valence-electron chi connectivity index (χ1n) is 8.91. The van der Waals surface area contributed by atoms with Gasteiger partial charge in [-0.05, 0) is 52.4 Å². The Balaban J connectivity index is 2.66. The molecule has 0 amide bonds. The molecule has 0 aromatic rings. The van der Waals surface area contributed by atoms with Gasteiger partial charge in [0.1, 0.15) is 5.67 Å². The van der Waals surface area contributed by atoms with Crippen molar-refractivity contribution in [1.82, 2.24) is 0 Å². The molecule has 1 fully saturated rings. The second kappa shape index (κ2) is 8.35. The van der Waals surface area contributed by atoms with E-state index in [1.54, 1.807) is 13.8 Å². The summed E-state index contributed by atoms with van der Waals surface area (Å²) in [7, 11) is 0. The van der Waals surface area contributed by atoms with E-state index in [1.165, 1.54) is 0 Å². The molecule has 6 heteroatoms. The van der Waals surface area contributed by atoms with Crippen molar-refractivity contribution in [2.45, 2.75) is 103 Å². The monoisotopic (exact) mass is 356 g/mol. The van der Waals surface area contributed by atoms with E-state index in [-0.39, 0.29) is 31.5 Å². The van der Waals surface area contributed by atoms with Crippen LogP contribution >= 0.6 is 0 Å². The lowest BCUT2D eigenvalue weighted by atomic mass is 9.71. The van der Waals surface area contributed by atoms with Gasteiger partial charge in [-0.2, -0.15) is 13.2 Å². The van der Waals surface area contributed by atoms with Crippen molar-refractivity contribution in [2.75, 3.05) is 6.61 Å². The Morgan fingerprint density at radius 1 is 1.21 bits per heavy atom. The molecule has 4 atom stereocenters. The fourth-order valence-corrected chi connectivity index (χ4v) is 3.82. The fraction of sp³-hybridized carbons (Fsp3) is 1.00. The number of alkyl halides is 4. The summed E-state index contributed by atoms with van der Waals surface area (Å²) in [6.07, 6.45) is -4.11. The molecule has 1 aliphatic carbocycles. The Morgan fingerprint density at radius 3 is 2.33 bits per heavy atom. The summed E-state index contributed by atoms with van der Waals surface area (Å²) in [5, 5.41) is 0. The van der Waals surface area contributed by atoms with Gasteiger partial charge in [0, 0.05) is 12.8 Å². The van der Waals surface area contributed by atoms with Crippen LogP contribution in [0, 0.1) is 5.92 Å². The fourth-order valence-electron chi connectivity index (χ4n) is 3.82. The molecule has 1 saturated carbocycles. The lowest BCUT2D eigenvalue weighted by molar-refractivity contribution is -0.164. The number of halogens is 4. The van der Waals surface area contributed by atoms with Crippen LogP contribution in [-0.2, 0) is 9.47 Å². The quantitative estimate of drug-likeness (QED) is 0.509. The van der Waals surface area contributed by atoms with Crippen LogP contribution in [-0.4, -0.2) is 36.3 Å². The maximum atomic E-state index is 14.8. The van der Waals surface area contributed by atoms with Crippen LogP contribution in [0.3, 0.4) is 0 Å². The number of hydrogen-bond donors (Lipinski definition) is 0. The maximum absolute atomic E-state index is 14.8. The molecule has 0 radical (unpaired) electrons. The molecular weight excluding hydrogens is 324 g/mol. The molecule has 0 heterocycles. The van der Waals surface area contributed by atoms with Crippen LogP contribution in [0.5, 0.6) is 0 Å². The van der Waals surface area contributed by atoms with Crippen molar-refractivity contribution in [3.63, 3.8) is 0 Å². The zero-order chi connectivity index (χ0) is 18.6. The predicted octanol–water partition coefficient (Wildman–Crippen LogP) is 5.84. The number of rotatable bonds is 8. The van der Waals surface area contributed by atoms with Gasteiger partial charge >= 0.3 is 6.18 Å². The molecule has 0 N–H and O–H groups in total. The number of hydrogen-bond acceptors (Lipinski definition) is 2. The SMILES string of the molecule is CCC1(F)CC(C)CC(C)(OCC(CCC(F)(F)F)OC(C)C)C1. The van der Waals surface area contributed by atoms with E-state index in [0.717, 1.165) is 0 Å². The van der Waals surface area contributed by atoms with Crippen molar-refractivity contribution in [1.29, 1.82) is 0 Å². The van der Waals surface area contributed by atoms with Crippen molar-refractivity contribution < 1.29 is 27.0 Å². The van der Waals surface area contributed by atoms with E-state index in [9.17, 15) is 17.6 Å². The summed E-state index contributed by atoms with van der Waals surface area (Å²) in [6, 6.07) is 0. The molecule has 0 aromatic heterocycles. The highest BCUT2D eigenvalue weighted by Gasteiger charge is 2.45. The Morgan fingerprint density at radius 2 is 1.83 bits per heavy atom. The molecule has 2 nitrogen and oxygen atoms in total. The molecule has 24 heavy (non-hydrogen) atoms. The third-order valence-electron chi connectivity index (χ3n) is 4.65. The Bertz CT molecular complexity index is 386. The van der Waals surface area contributed by atoms with E-state index in [0.29, 0.717) is 19.3 Å². The van der Waals surface area contributed by atoms with Gasteiger partial charge in [-0.1, -0.05) is 13.8 Å². The second-order valence-electron chi connectivity index (χ2n) is 7.92. The number of ether oxygens (including phenoxy) is 2. The first-order chi connectivity index (χ1) is 10.9. The van der Waals surface area contributed by atoms with Gasteiger partial charge in [-0.25, -0.2) is 4.39 Å². The van der Waals surface area contributed by atoms with Gasteiger partial charge in [-0.15, -0.1) is 0 Å². The van der Waals surface area contributed by atoms with E-state index in [1.807, 2.05) is 20.8 Å². The van der Waals surface area contributed by atoms with Crippen LogP contribution in [0.1, 0.15) is 73.1 Å². The standard InChI is InChI=1S/C18H32F4O2/c1-6-17(19)10-14(4)9-16(5,12-17)23-11-15(24-13(2)3)7-8-18(20,21)22/h13-15H,6-12H2,1-5H3. The summed E-state index contributed by atoms with van der Waals surface area (Å²) in [5.74, 6) is 0.188. The lowest BCUT2D eigenvalue weighted by Crippen LogP contribution is -2.47. The normalized spacial score (nSPS) is 33.0. The van der Waals surface area contributed by atoms with Crippen molar-refractivity contribution in [2.24, 2.45) is 5.92 Å². The van der Waals surface area contributed by atoms with E-state index >= 15 is 0 Å². The van der Waals surface area contributed by atoms with Gasteiger partial charge in [0.25, 0.3) is 0 Å². The summed E-state index contributed by atoms with van der Waals surface area (Å²) in [6.45, 7) is 9.33. The maximum Gasteiger partial charge on any atom is 0.389 e. The molecule has 144 valence electrons. The Kier molecular flexibility index (Phi) is 7.54. The van der Waals surface area contributed by atoms with Crippen LogP contribution in [0.25, 0.3) is 0 Å². The summed E-state index contributed by atoms with van der Waals surface area (Å²) in [5.41, 5.74) is -1.91. The minimum atomic E-state index is -4.21. The highest BCUT2D eigenvalue weighted by atomic mass is 19.4. The smallest absolute Gasteiger partial charge is 0.373 e. The van der Waals surface area contributed by atoms with Crippen LogP contribution in [0.4, 0.5) is 17.6 Å². The molecule has 0 aliphatic heterocycles. The third kappa shape index (κ3) is 7.68. The van der Waals surface area contributed by atoms with Crippen LogP contribution < -0.4 is 0 Å². The highest BCUT2D eigenvalue weighted by Crippen LogP contribution is 2.44. The molecule has 0 saturated heterocycles. The lowest BCUT2D eigenvalue weighted by Gasteiger charge is -2.45. The van der Waals surface area contributed by atoms with Gasteiger partial charge in [0.05, 0.1) is 24.4 Å². The van der Waals surface area contributed by atoms with Gasteiger partial charge in [0.15, 0.2) is 0 Å².